The Bertz CT molecular complexity index is 484. The van der Waals surface area contributed by atoms with Gasteiger partial charge in [0.15, 0.2) is 5.25 Å². The van der Waals surface area contributed by atoms with Crippen molar-refractivity contribution in [1.29, 1.82) is 0 Å². The molecule has 0 saturated carbocycles. The zero-order chi connectivity index (χ0) is 12.6. The highest BCUT2D eigenvalue weighted by molar-refractivity contribution is 8.14. The molecule has 0 N–H and O–H groups in total. The van der Waals surface area contributed by atoms with E-state index in [-0.39, 0.29) is 5.02 Å². The molecule has 0 aliphatic carbocycles. The maximum atomic E-state index is 12.6. The summed E-state index contributed by atoms with van der Waals surface area (Å²) in [6.45, 7) is 0. The van der Waals surface area contributed by atoms with Gasteiger partial charge in [0.1, 0.15) is 0 Å². The maximum Gasteiger partial charge on any atom is 0.410 e. The zero-order valence-electron chi connectivity index (χ0n) is 7.50. The molecule has 0 radical (unpaired) electrons. The Morgan fingerprint density at radius 1 is 1.19 bits per heavy atom. The van der Waals surface area contributed by atoms with Crippen molar-refractivity contribution in [3.63, 3.8) is 0 Å². The molecule has 0 amide bonds. The molecule has 0 aliphatic heterocycles. The summed E-state index contributed by atoms with van der Waals surface area (Å²) in [5.41, 5.74) is -0.577. The first-order chi connectivity index (χ1) is 7.14. The molecule has 16 heavy (non-hydrogen) atoms. The van der Waals surface area contributed by atoms with Crippen LogP contribution < -0.4 is 0 Å². The first kappa shape index (κ1) is 13.6. The van der Waals surface area contributed by atoms with E-state index in [9.17, 15) is 21.6 Å². The smallest absolute Gasteiger partial charge is 0.211 e. The van der Waals surface area contributed by atoms with Crippen molar-refractivity contribution in [3.05, 3.63) is 34.9 Å². The summed E-state index contributed by atoms with van der Waals surface area (Å²) in [6, 6.07) is 4.78. The zero-order valence-corrected chi connectivity index (χ0v) is 9.83. The normalized spacial score (nSPS) is 14.8. The highest BCUT2D eigenvalue weighted by Crippen LogP contribution is 2.43. The second-order valence-electron chi connectivity index (χ2n) is 2.92. The van der Waals surface area contributed by atoms with Gasteiger partial charge in [-0.2, -0.15) is 13.2 Å². The molecule has 1 unspecified atom stereocenters. The molecule has 0 saturated heterocycles. The number of halogens is 5. The van der Waals surface area contributed by atoms with E-state index in [2.05, 4.69) is 0 Å². The van der Waals surface area contributed by atoms with E-state index >= 15 is 0 Å². The van der Waals surface area contributed by atoms with Gasteiger partial charge in [-0.3, -0.25) is 0 Å². The Morgan fingerprint density at radius 2 is 1.69 bits per heavy atom. The molecule has 0 bridgehead atoms. The van der Waals surface area contributed by atoms with E-state index in [4.69, 9.17) is 22.3 Å². The predicted molar refractivity (Wildman–Crippen MR) is 55.0 cm³/mol. The standard InChI is InChI=1S/C8H5Cl2F3O2S/c9-6-4-2-1-3-5(6)7(8(11,12)13)16(10,14)15/h1-4,7H. The third kappa shape index (κ3) is 3.02. The third-order valence-corrected chi connectivity index (χ3v) is 3.73. The minimum atomic E-state index is -5.01. The average molecular weight is 293 g/mol. The summed E-state index contributed by atoms with van der Waals surface area (Å²) in [6.07, 6.45) is -5.01. The van der Waals surface area contributed by atoms with Gasteiger partial charge in [0.05, 0.1) is 0 Å². The van der Waals surface area contributed by atoms with Crippen molar-refractivity contribution in [2.75, 3.05) is 0 Å². The summed E-state index contributed by atoms with van der Waals surface area (Å²) in [4.78, 5) is 0. The van der Waals surface area contributed by atoms with Crippen LogP contribution in [-0.4, -0.2) is 14.6 Å². The molecule has 1 rings (SSSR count). The Hall–Kier alpha value is -0.460. The lowest BCUT2D eigenvalue weighted by molar-refractivity contribution is -0.131. The van der Waals surface area contributed by atoms with Crippen LogP contribution in [0.1, 0.15) is 10.8 Å². The molecule has 1 aromatic rings. The van der Waals surface area contributed by atoms with Crippen LogP contribution in [0.15, 0.2) is 24.3 Å². The topological polar surface area (TPSA) is 34.1 Å². The third-order valence-electron chi connectivity index (χ3n) is 1.77. The van der Waals surface area contributed by atoms with Crippen molar-refractivity contribution >= 4 is 31.3 Å². The summed E-state index contributed by atoms with van der Waals surface area (Å²) >= 11 is 5.51. The Balaban J connectivity index is 3.41. The molecule has 0 fully saturated rings. The molecule has 0 heterocycles. The minimum Gasteiger partial charge on any atom is -0.211 e. The van der Waals surface area contributed by atoms with Gasteiger partial charge >= 0.3 is 6.18 Å². The molecule has 1 atom stereocenters. The van der Waals surface area contributed by atoms with E-state index in [0.29, 0.717) is 0 Å². The lowest BCUT2D eigenvalue weighted by Gasteiger charge is -2.18. The van der Waals surface area contributed by atoms with E-state index in [1.54, 1.807) is 0 Å². The molecule has 2 nitrogen and oxygen atoms in total. The van der Waals surface area contributed by atoms with Crippen LogP contribution in [0.3, 0.4) is 0 Å². The van der Waals surface area contributed by atoms with Gasteiger partial charge in [0.2, 0.25) is 9.05 Å². The van der Waals surface area contributed by atoms with Gasteiger partial charge in [0, 0.05) is 15.7 Å². The molecule has 8 heteroatoms. The van der Waals surface area contributed by atoms with E-state index in [1.165, 1.54) is 12.1 Å². The van der Waals surface area contributed by atoms with Crippen LogP contribution in [0.4, 0.5) is 13.2 Å². The van der Waals surface area contributed by atoms with Crippen molar-refractivity contribution in [1.82, 2.24) is 0 Å². The monoisotopic (exact) mass is 292 g/mol. The second kappa shape index (κ2) is 4.43. The molecule has 90 valence electrons. The van der Waals surface area contributed by atoms with Gasteiger partial charge in [-0.15, -0.1) is 0 Å². The number of hydrogen-bond acceptors (Lipinski definition) is 2. The van der Waals surface area contributed by atoms with E-state index in [1.807, 2.05) is 0 Å². The van der Waals surface area contributed by atoms with Gasteiger partial charge in [-0.1, -0.05) is 29.8 Å². The second-order valence-corrected chi connectivity index (χ2v) is 6.04. The van der Waals surface area contributed by atoms with Gasteiger partial charge in [0.25, 0.3) is 0 Å². The molecule has 0 aromatic heterocycles. The number of hydrogen-bond donors (Lipinski definition) is 0. The van der Waals surface area contributed by atoms with Gasteiger partial charge < -0.3 is 0 Å². The summed E-state index contributed by atoms with van der Waals surface area (Å²) in [5, 5.41) is -3.11. The summed E-state index contributed by atoms with van der Waals surface area (Å²) in [7, 11) is -0.0515. The number of alkyl halides is 3. The molecule has 1 aromatic carbocycles. The highest BCUT2D eigenvalue weighted by Gasteiger charge is 2.49. The predicted octanol–water partition coefficient (Wildman–Crippen LogP) is 3.51. The van der Waals surface area contributed by atoms with Crippen molar-refractivity contribution in [2.24, 2.45) is 0 Å². The number of rotatable bonds is 2. The average Bonchev–Trinajstić information content (AvgIpc) is 2.03. The SMILES string of the molecule is O=S(=O)(Cl)C(c1ccccc1Cl)C(F)(F)F. The Kier molecular flexibility index (Phi) is 3.76. The largest absolute Gasteiger partial charge is 0.410 e. The van der Waals surface area contributed by atoms with Crippen LogP contribution >= 0.6 is 22.3 Å². The minimum absolute atomic E-state index is 0.297. The van der Waals surface area contributed by atoms with Crippen LogP contribution in [0.25, 0.3) is 0 Å². The quantitative estimate of drug-likeness (QED) is 0.782. The van der Waals surface area contributed by atoms with E-state index in [0.717, 1.165) is 12.1 Å². The fraction of sp³-hybridized carbons (Fsp3) is 0.250. The fourth-order valence-electron chi connectivity index (χ4n) is 1.18. The number of benzene rings is 1. The Labute approximate surface area is 99.4 Å². The fourth-order valence-corrected chi connectivity index (χ4v) is 2.90. The first-order valence-corrected chi connectivity index (χ1v) is 6.63. The lowest BCUT2D eigenvalue weighted by Crippen LogP contribution is -2.26. The first-order valence-electron chi connectivity index (χ1n) is 3.88. The van der Waals surface area contributed by atoms with Crippen molar-refractivity contribution in [2.45, 2.75) is 11.4 Å². The van der Waals surface area contributed by atoms with Crippen LogP contribution in [0, 0.1) is 0 Å². The van der Waals surface area contributed by atoms with Gasteiger partial charge in [-0.05, 0) is 11.6 Å². The Morgan fingerprint density at radius 3 is 2.06 bits per heavy atom. The van der Waals surface area contributed by atoms with Crippen LogP contribution in [0.5, 0.6) is 0 Å². The van der Waals surface area contributed by atoms with Crippen LogP contribution in [-0.2, 0) is 9.05 Å². The van der Waals surface area contributed by atoms with Crippen LogP contribution in [0.2, 0.25) is 5.02 Å². The van der Waals surface area contributed by atoms with E-state index < -0.39 is 26.0 Å². The molecular formula is C8H5Cl2F3O2S. The molecule has 0 aliphatic rings. The summed E-state index contributed by atoms with van der Waals surface area (Å²) in [5.74, 6) is 0. The van der Waals surface area contributed by atoms with Crippen molar-refractivity contribution in [3.8, 4) is 0 Å². The summed E-state index contributed by atoms with van der Waals surface area (Å²) < 4.78 is 59.5. The molecular weight excluding hydrogens is 288 g/mol. The highest BCUT2D eigenvalue weighted by atomic mass is 35.7. The maximum absolute atomic E-state index is 12.6. The van der Waals surface area contributed by atoms with Crippen molar-refractivity contribution < 1.29 is 21.6 Å². The van der Waals surface area contributed by atoms with Gasteiger partial charge in [-0.25, -0.2) is 8.42 Å². The lowest BCUT2D eigenvalue weighted by atomic mass is 10.1. The molecule has 0 spiro atoms.